The standard InChI is InChI=1S/C33H22N2/c1-3-7-25-19(5-1)11-22-12-23-13-24-16-28-26-8-4-2-6-20(26)14-29(28)30-15-21-9-10-34-18-32(21)35(33(24)30)31(23)17-27(22)25/h1-10,12,16-18H,11,13-15H2. The van der Waals surface area contributed by atoms with E-state index in [-0.39, 0.29) is 0 Å². The van der Waals surface area contributed by atoms with Crippen LogP contribution in [0.4, 0.5) is 17.1 Å². The number of pyridine rings is 1. The molecule has 164 valence electrons. The van der Waals surface area contributed by atoms with Crippen LogP contribution in [0.5, 0.6) is 0 Å². The molecule has 4 aliphatic rings. The van der Waals surface area contributed by atoms with E-state index in [0.29, 0.717) is 0 Å². The molecule has 0 saturated heterocycles. The van der Waals surface area contributed by atoms with Gasteiger partial charge in [0, 0.05) is 19.0 Å². The van der Waals surface area contributed by atoms with Gasteiger partial charge in [-0.3, -0.25) is 4.98 Å². The van der Waals surface area contributed by atoms with E-state index in [1.165, 1.54) is 83.8 Å². The summed E-state index contributed by atoms with van der Waals surface area (Å²) in [6.07, 6.45) is 8.06. The molecule has 2 heteroatoms. The molecule has 0 N–H and O–H groups in total. The summed E-state index contributed by atoms with van der Waals surface area (Å²) in [4.78, 5) is 7.11. The lowest BCUT2D eigenvalue weighted by Crippen LogP contribution is -2.26. The summed E-state index contributed by atoms with van der Waals surface area (Å²) in [6.45, 7) is 0. The zero-order valence-corrected chi connectivity index (χ0v) is 19.3. The SMILES string of the molecule is c1ccc2c(c1)Cc1cc3c(cc1-2)N1c2cnccc2Cc2c4c(cc(c21)C3)-c1ccccc1C4. The van der Waals surface area contributed by atoms with Crippen LogP contribution in [0.3, 0.4) is 0 Å². The minimum atomic E-state index is 0.983. The van der Waals surface area contributed by atoms with Crippen LogP contribution in [0.2, 0.25) is 0 Å². The van der Waals surface area contributed by atoms with Crippen molar-refractivity contribution < 1.29 is 0 Å². The van der Waals surface area contributed by atoms with Gasteiger partial charge in [0.05, 0.1) is 23.3 Å². The third kappa shape index (κ3) is 2.27. The van der Waals surface area contributed by atoms with Crippen molar-refractivity contribution in [2.75, 3.05) is 4.90 Å². The van der Waals surface area contributed by atoms with Crippen LogP contribution in [0.25, 0.3) is 22.3 Å². The summed E-state index contributed by atoms with van der Waals surface area (Å²) in [7, 11) is 0. The monoisotopic (exact) mass is 446 g/mol. The van der Waals surface area contributed by atoms with Gasteiger partial charge in [-0.05, 0) is 97.8 Å². The molecule has 2 aliphatic carbocycles. The number of aromatic nitrogens is 1. The quantitative estimate of drug-likeness (QED) is 0.240. The first-order valence-corrected chi connectivity index (χ1v) is 12.6. The third-order valence-electron chi connectivity index (χ3n) is 8.61. The van der Waals surface area contributed by atoms with Crippen LogP contribution >= 0.6 is 0 Å². The van der Waals surface area contributed by atoms with Crippen LogP contribution in [0.1, 0.15) is 44.5 Å². The highest BCUT2D eigenvalue weighted by molar-refractivity contribution is 5.95. The van der Waals surface area contributed by atoms with Gasteiger partial charge in [-0.2, -0.15) is 0 Å². The maximum atomic E-state index is 4.57. The Balaban J connectivity index is 1.34. The van der Waals surface area contributed by atoms with E-state index in [4.69, 9.17) is 0 Å². The minimum Gasteiger partial charge on any atom is -0.308 e. The van der Waals surface area contributed by atoms with Crippen LogP contribution in [-0.4, -0.2) is 4.98 Å². The Morgan fingerprint density at radius 1 is 0.514 bits per heavy atom. The second-order valence-corrected chi connectivity index (χ2v) is 10.4. The largest absolute Gasteiger partial charge is 0.308 e. The number of hydrogen-bond donors (Lipinski definition) is 0. The summed E-state index contributed by atoms with van der Waals surface area (Å²) in [5.74, 6) is 0. The first kappa shape index (κ1) is 18.2. The lowest BCUT2D eigenvalue weighted by Gasteiger charge is -2.40. The van der Waals surface area contributed by atoms with Crippen LogP contribution in [0, 0.1) is 0 Å². The van der Waals surface area contributed by atoms with Crippen LogP contribution in [-0.2, 0) is 25.7 Å². The maximum absolute atomic E-state index is 4.57. The number of hydrogen-bond acceptors (Lipinski definition) is 2. The zero-order chi connectivity index (χ0) is 22.7. The van der Waals surface area contributed by atoms with E-state index in [9.17, 15) is 0 Å². The lowest BCUT2D eigenvalue weighted by atomic mass is 9.82. The molecule has 9 rings (SSSR count). The van der Waals surface area contributed by atoms with Crippen molar-refractivity contribution in [1.82, 2.24) is 4.98 Å². The van der Waals surface area contributed by atoms with E-state index < -0.39 is 0 Å². The summed E-state index contributed by atoms with van der Waals surface area (Å²) >= 11 is 0. The Kier molecular flexibility index (Phi) is 3.27. The highest BCUT2D eigenvalue weighted by atomic mass is 15.2. The topological polar surface area (TPSA) is 16.1 Å². The zero-order valence-electron chi connectivity index (χ0n) is 19.3. The van der Waals surface area contributed by atoms with Gasteiger partial charge in [0.15, 0.2) is 0 Å². The van der Waals surface area contributed by atoms with Crippen molar-refractivity contribution in [1.29, 1.82) is 0 Å². The van der Waals surface area contributed by atoms with E-state index in [0.717, 1.165) is 25.7 Å². The minimum absolute atomic E-state index is 0.983. The van der Waals surface area contributed by atoms with Crippen molar-refractivity contribution >= 4 is 17.1 Å². The number of fused-ring (bicyclic) bond motifs is 11. The second-order valence-electron chi connectivity index (χ2n) is 10.4. The Morgan fingerprint density at radius 3 is 2.14 bits per heavy atom. The molecule has 0 unspecified atom stereocenters. The number of benzene rings is 4. The molecule has 0 fully saturated rings. The molecule has 1 aromatic heterocycles. The van der Waals surface area contributed by atoms with Crippen molar-refractivity contribution in [3.63, 3.8) is 0 Å². The Labute approximate surface area is 204 Å². The average molecular weight is 447 g/mol. The third-order valence-corrected chi connectivity index (χ3v) is 8.61. The number of anilines is 3. The summed E-state index contributed by atoms with van der Waals surface area (Å²) in [6, 6.07) is 27.5. The van der Waals surface area contributed by atoms with Gasteiger partial charge >= 0.3 is 0 Å². The van der Waals surface area contributed by atoms with Crippen LogP contribution in [0.15, 0.2) is 85.2 Å². The van der Waals surface area contributed by atoms with Crippen molar-refractivity contribution in [3.05, 3.63) is 130 Å². The number of nitrogens with zero attached hydrogens (tertiary/aromatic N) is 2. The molecule has 3 heterocycles. The molecule has 0 radical (unpaired) electrons. The molecule has 35 heavy (non-hydrogen) atoms. The molecule has 0 spiro atoms. The molecule has 0 bridgehead atoms. The lowest BCUT2D eigenvalue weighted by molar-refractivity contribution is 0.983. The first-order valence-electron chi connectivity index (χ1n) is 12.6. The smallest absolute Gasteiger partial charge is 0.0680 e. The molecule has 0 saturated carbocycles. The van der Waals surface area contributed by atoms with Crippen molar-refractivity contribution in [2.24, 2.45) is 0 Å². The fraction of sp³-hybridized carbons (Fsp3) is 0.121. The molecule has 0 atom stereocenters. The molecular weight excluding hydrogens is 424 g/mol. The second kappa shape index (κ2) is 6.28. The summed E-state index contributed by atoms with van der Waals surface area (Å²) in [5.41, 5.74) is 21.3. The molecule has 5 aromatic rings. The van der Waals surface area contributed by atoms with Gasteiger partial charge in [0.1, 0.15) is 0 Å². The van der Waals surface area contributed by atoms with Crippen LogP contribution < -0.4 is 4.90 Å². The van der Waals surface area contributed by atoms with E-state index in [1.807, 2.05) is 6.20 Å². The predicted octanol–water partition coefficient (Wildman–Crippen LogP) is 7.50. The normalized spacial score (nSPS) is 14.9. The van der Waals surface area contributed by atoms with Gasteiger partial charge in [-0.25, -0.2) is 0 Å². The highest BCUT2D eigenvalue weighted by Crippen LogP contribution is 2.55. The first-order chi connectivity index (χ1) is 17.3. The Bertz CT molecular complexity index is 1760. The van der Waals surface area contributed by atoms with Gasteiger partial charge < -0.3 is 4.90 Å². The molecule has 2 aliphatic heterocycles. The predicted molar refractivity (Wildman–Crippen MR) is 141 cm³/mol. The Hall–Kier alpha value is -4.17. The fourth-order valence-corrected chi connectivity index (χ4v) is 7.11. The van der Waals surface area contributed by atoms with E-state index in [1.54, 1.807) is 0 Å². The van der Waals surface area contributed by atoms with Gasteiger partial charge in [-0.15, -0.1) is 0 Å². The maximum Gasteiger partial charge on any atom is 0.0680 e. The molecular formula is C33H22N2. The van der Waals surface area contributed by atoms with Gasteiger partial charge in [0.25, 0.3) is 0 Å². The van der Waals surface area contributed by atoms with Gasteiger partial charge in [0.2, 0.25) is 0 Å². The fourth-order valence-electron chi connectivity index (χ4n) is 7.11. The molecule has 0 amide bonds. The van der Waals surface area contributed by atoms with E-state index in [2.05, 4.69) is 88.9 Å². The summed E-state index contributed by atoms with van der Waals surface area (Å²) in [5, 5.41) is 0. The molecule has 2 nitrogen and oxygen atoms in total. The van der Waals surface area contributed by atoms with E-state index >= 15 is 0 Å². The number of rotatable bonds is 0. The van der Waals surface area contributed by atoms with Gasteiger partial charge in [-0.1, -0.05) is 54.6 Å². The highest BCUT2D eigenvalue weighted by Gasteiger charge is 2.37. The summed E-state index contributed by atoms with van der Waals surface area (Å²) < 4.78 is 0. The molecule has 4 aromatic carbocycles. The average Bonchev–Trinajstić information content (AvgIpc) is 3.45. The van der Waals surface area contributed by atoms with Crippen molar-refractivity contribution in [3.8, 4) is 22.3 Å². The Morgan fingerprint density at radius 2 is 1.26 bits per heavy atom. The van der Waals surface area contributed by atoms with Crippen molar-refractivity contribution in [2.45, 2.75) is 25.7 Å².